The number of aromatic nitrogens is 1. The van der Waals surface area contributed by atoms with Crippen LogP contribution in [0.15, 0.2) is 18.5 Å². The number of amides is 1. The lowest BCUT2D eigenvalue weighted by atomic mass is 9.81. The predicted molar refractivity (Wildman–Crippen MR) is 83.9 cm³/mol. The molecule has 1 amide bonds. The van der Waals surface area contributed by atoms with E-state index in [9.17, 15) is 4.79 Å². The second kappa shape index (κ2) is 6.65. The largest absolute Gasteiger partial charge is 0.317 e. The Hall–Kier alpha value is -1.97. The van der Waals surface area contributed by atoms with Gasteiger partial charge in [0.1, 0.15) is 6.07 Å². The van der Waals surface area contributed by atoms with E-state index in [1.807, 2.05) is 6.92 Å². The van der Waals surface area contributed by atoms with E-state index in [0.717, 1.165) is 44.3 Å². The topological polar surface area (TPSA) is 78.2 Å². The van der Waals surface area contributed by atoms with Crippen molar-refractivity contribution in [3.05, 3.63) is 29.6 Å². The highest BCUT2D eigenvalue weighted by molar-refractivity contribution is 5.82. The maximum Gasteiger partial charge on any atom is 0.252 e. The van der Waals surface area contributed by atoms with Gasteiger partial charge in [-0.05, 0) is 44.0 Å². The van der Waals surface area contributed by atoms with E-state index in [1.54, 1.807) is 12.3 Å². The molecule has 1 unspecified atom stereocenters. The first-order chi connectivity index (χ1) is 11.1. The van der Waals surface area contributed by atoms with Gasteiger partial charge in [0.15, 0.2) is 0 Å². The number of nitrogens with zero attached hydrogens (tertiary/aromatic N) is 3. The lowest BCUT2D eigenvalue weighted by molar-refractivity contribution is -0.188. The lowest BCUT2D eigenvalue weighted by Crippen LogP contribution is -2.42. The van der Waals surface area contributed by atoms with Crippen LogP contribution in [0, 0.1) is 16.7 Å². The normalized spacial score (nSPS) is 28.2. The van der Waals surface area contributed by atoms with Crippen molar-refractivity contribution in [2.45, 2.75) is 38.6 Å². The number of carbonyl (C=O) groups is 1. The van der Waals surface area contributed by atoms with E-state index in [4.69, 9.17) is 10.1 Å². The molecular formula is C17H22N4O2. The summed E-state index contributed by atoms with van der Waals surface area (Å²) in [6, 6.07) is 3.74. The number of pyridine rings is 1. The molecule has 1 aromatic heterocycles. The molecule has 6 nitrogen and oxygen atoms in total. The Labute approximate surface area is 136 Å². The van der Waals surface area contributed by atoms with Gasteiger partial charge in [0.2, 0.25) is 0 Å². The summed E-state index contributed by atoms with van der Waals surface area (Å²) in [6.07, 6.45) is 6.65. The summed E-state index contributed by atoms with van der Waals surface area (Å²) in [6.45, 7) is 4.36. The van der Waals surface area contributed by atoms with Crippen molar-refractivity contribution in [2.24, 2.45) is 5.41 Å². The van der Waals surface area contributed by atoms with Crippen LogP contribution in [-0.2, 0) is 9.63 Å². The van der Waals surface area contributed by atoms with Crippen LogP contribution in [0.2, 0.25) is 0 Å². The highest BCUT2D eigenvalue weighted by Gasteiger charge is 2.42. The van der Waals surface area contributed by atoms with Crippen LogP contribution in [0.4, 0.5) is 0 Å². The molecule has 6 heteroatoms. The zero-order chi connectivity index (χ0) is 16.3. The van der Waals surface area contributed by atoms with Gasteiger partial charge >= 0.3 is 0 Å². The minimum atomic E-state index is -0.396. The van der Waals surface area contributed by atoms with Gasteiger partial charge in [-0.25, -0.2) is 5.06 Å². The standard InChI is InChI=1S/C17H22N4O2/c1-17(4-2-6-19-7-5-17)16(22)21-15(3-8-23-21)14-9-13(10-18)11-20-12-14/h9,11-12,15,19H,2-8H2,1H3/t15-,17?/m0/s1. The fourth-order valence-electron chi connectivity index (χ4n) is 3.37. The molecule has 3 rings (SSSR count). The Morgan fingerprint density at radius 1 is 1.48 bits per heavy atom. The summed E-state index contributed by atoms with van der Waals surface area (Å²) in [5, 5.41) is 13.9. The number of hydrogen-bond donors (Lipinski definition) is 1. The zero-order valence-corrected chi connectivity index (χ0v) is 13.4. The van der Waals surface area contributed by atoms with Gasteiger partial charge in [-0.2, -0.15) is 5.26 Å². The Balaban J connectivity index is 1.83. The lowest BCUT2D eigenvalue weighted by Gasteiger charge is -2.33. The van der Waals surface area contributed by atoms with Gasteiger partial charge in [-0.3, -0.25) is 14.6 Å². The molecule has 0 aliphatic carbocycles. The number of hydrogen-bond acceptors (Lipinski definition) is 5. The second-order valence-electron chi connectivity index (χ2n) is 6.55. The Morgan fingerprint density at radius 3 is 3.17 bits per heavy atom. The number of rotatable bonds is 2. The van der Waals surface area contributed by atoms with Gasteiger partial charge in [0.25, 0.3) is 5.91 Å². The van der Waals surface area contributed by atoms with Crippen LogP contribution in [0.1, 0.15) is 49.8 Å². The molecule has 0 aromatic carbocycles. The average Bonchev–Trinajstić information content (AvgIpc) is 2.96. The van der Waals surface area contributed by atoms with Crippen molar-refractivity contribution in [3.63, 3.8) is 0 Å². The van der Waals surface area contributed by atoms with Gasteiger partial charge < -0.3 is 5.32 Å². The van der Waals surface area contributed by atoms with Crippen molar-refractivity contribution < 1.29 is 9.63 Å². The molecule has 2 saturated heterocycles. The van der Waals surface area contributed by atoms with Crippen molar-refractivity contribution in [2.75, 3.05) is 19.7 Å². The number of nitrogens with one attached hydrogen (secondary N) is 1. The number of nitriles is 1. The summed E-state index contributed by atoms with van der Waals surface area (Å²) in [5.74, 6) is 0.0473. The highest BCUT2D eigenvalue weighted by Crippen LogP contribution is 2.38. The molecule has 0 bridgehead atoms. The molecule has 122 valence electrons. The van der Waals surface area contributed by atoms with Crippen molar-refractivity contribution >= 4 is 5.91 Å². The molecule has 1 aromatic rings. The van der Waals surface area contributed by atoms with Crippen molar-refractivity contribution in [1.29, 1.82) is 5.26 Å². The van der Waals surface area contributed by atoms with Crippen LogP contribution in [0.5, 0.6) is 0 Å². The van der Waals surface area contributed by atoms with E-state index >= 15 is 0 Å². The Kier molecular flexibility index (Phi) is 4.60. The molecule has 2 atom stereocenters. The van der Waals surface area contributed by atoms with Crippen LogP contribution in [0.25, 0.3) is 0 Å². The van der Waals surface area contributed by atoms with E-state index in [2.05, 4.69) is 16.4 Å². The highest BCUT2D eigenvalue weighted by atomic mass is 16.7. The molecule has 0 spiro atoms. The molecule has 2 aliphatic rings. The molecule has 23 heavy (non-hydrogen) atoms. The number of carbonyl (C=O) groups excluding carboxylic acids is 1. The van der Waals surface area contributed by atoms with Crippen molar-refractivity contribution in [3.8, 4) is 6.07 Å². The third kappa shape index (κ3) is 3.21. The van der Waals surface area contributed by atoms with E-state index in [1.165, 1.54) is 11.3 Å². The second-order valence-corrected chi connectivity index (χ2v) is 6.55. The van der Waals surface area contributed by atoms with E-state index in [0.29, 0.717) is 12.2 Å². The molecule has 0 radical (unpaired) electrons. The molecule has 0 saturated carbocycles. The van der Waals surface area contributed by atoms with E-state index < -0.39 is 5.41 Å². The van der Waals surface area contributed by atoms with E-state index in [-0.39, 0.29) is 11.9 Å². The first kappa shape index (κ1) is 15.9. The SMILES string of the molecule is CC1(C(=O)N2OCC[C@H]2c2cncc(C#N)c2)CCCNCC1. The fraction of sp³-hybridized carbons (Fsp3) is 0.588. The van der Waals surface area contributed by atoms with Crippen LogP contribution in [0.3, 0.4) is 0 Å². The van der Waals surface area contributed by atoms with Gasteiger partial charge in [-0.15, -0.1) is 0 Å². The van der Waals surface area contributed by atoms with Gasteiger partial charge in [0, 0.05) is 18.8 Å². The summed E-state index contributed by atoms with van der Waals surface area (Å²) < 4.78 is 0. The first-order valence-electron chi connectivity index (χ1n) is 8.16. The molecular weight excluding hydrogens is 292 g/mol. The molecule has 2 aliphatic heterocycles. The Bertz CT molecular complexity index is 617. The first-order valence-corrected chi connectivity index (χ1v) is 8.16. The monoisotopic (exact) mass is 314 g/mol. The average molecular weight is 314 g/mol. The van der Waals surface area contributed by atoms with Crippen LogP contribution < -0.4 is 5.32 Å². The summed E-state index contributed by atoms with van der Waals surface area (Å²) >= 11 is 0. The predicted octanol–water partition coefficient (Wildman–Crippen LogP) is 1.94. The quantitative estimate of drug-likeness (QED) is 0.902. The van der Waals surface area contributed by atoms with Crippen LogP contribution >= 0.6 is 0 Å². The molecule has 2 fully saturated rings. The van der Waals surface area contributed by atoms with Crippen molar-refractivity contribution in [1.82, 2.24) is 15.4 Å². The smallest absolute Gasteiger partial charge is 0.252 e. The fourth-order valence-corrected chi connectivity index (χ4v) is 3.37. The van der Waals surface area contributed by atoms with Gasteiger partial charge in [0.05, 0.1) is 23.6 Å². The summed E-state index contributed by atoms with van der Waals surface area (Å²) in [5.41, 5.74) is 0.976. The van der Waals surface area contributed by atoms with Crippen LogP contribution in [-0.4, -0.2) is 35.7 Å². The third-order valence-electron chi connectivity index (χ3n) is 4.83. The summed E-state index contributed by atoms with van der Waals surface area (Å²) in [4.78, 5) is 22.9. The minimum absolute atomic E-state index is 0.0473. The maximum atomic E-state index is 13.1. The molecule has 1 N–H and O–H groups in total. The molecule has 3 heterocycles. The zero-order valence-electron chi connectivity index (χ0n) is 13.4. The summed E-state index contributed by atoms with van der Waals surface area (Å²) in [7, 11) is 0. The van der Waals surface area contributed by atoms with Gasteiger partial charge in [-0.1, -0.05) is 6.92 Å². The maximum absolute atomic E-state index is 13.1. The minimum Gasteiger partial charge on any atom is -0.317 e. The Morgan fingerprint density at radius 2 is 2.35 bits per heavy atom. The number of hydroxylamine groups is 2. The third-order valence-corrected chi connectivity index (χ3v) is 4.83.